The van der Waals surface area contributed by atoms with Crippen molar-refractivity contribution in [1.82, 2.24) is 15.1 Å². The standard InChI is InChI=1S/C20H23N3O2/c1-3-23-19-8-6-5-7-17(19)18(22-23)14-21-20(24)13-15-9-11-16(12-10-15)25-4-2/h5-12H,3-4,13-14H2,1-2H3,(H,21,24). The minimum absolute atomic E-state index is 0.0145. The Kier molecular flexibility index (Phi) is 5.33. The Morgan fingerprint density at radius 1 is 1.12 bits per heavy atom. The van der Waals surface area contributed by atoms with E-state index in [1.165, 1.54) is 0 Å². The van der Waals surface area contributed by atoms with E-state index in [1.54, 1.807) is 0 Å². The molecule has 1 amide bonds. The fraction of sp³-hybridized carbons (Fsp3) is 0.300. The van der Waals surface area contributed by atoms with Gasteiger partial charge in [0.15, 0.2) is 0 Å². The van der Waals surface area contributed by atoms with Crippen LogP contribution in [0.2, 0.25) is 0 Å². The molecule has 0 fully saturated rings. The summed E-state index contributed by atoms with van der Waals surface area (Å²) in [6.07, 6.45) is 0.346. The normalized spacial score (nSPS) is 10.8. The molecule has 0 unspecified atom stereocenters. The number of aryl methyl sites for hydroxylation is 1. The van der Waals surface area contributed by atoms with E-state index >= 15 is 0 Å². The van der Waals surface area contributed by atoms with E-state index in [-0.39, 0.29) is 5.91 Å². The molecule has 5 nitrogen and oxygen atoms in total. The molecule has 0 saturated carbocycles. The highest BCUT2D eigenvalue weighted by molar-refractivity contribution is 5.83. The third kappa shape index (κ3) is 3.99. The molecule has 0 aliphatic rings. The molecule has 130 valence electrons. The maximum Gasteiger partial charge on any atom is 0.224 e. The lowest BCUT2D eigenvalue weighted by Crippen LogP contribution is -2.24. The minimum atomic E-state index is -0.0145. The van der Waals surface area contributed by atoms with E-state index in [1.807, 2.05) is 54.1 Å². The lowest BCUT2D eigenvalue weighted by Gasteiger charge is -2.06. The van der Waals surface area contributed by atoms with Crippen LogP contribution in [-0.4, -0.2) is 22.3 Å². The molecule has 1 aromatic heterocycles. The number of ether oxygens (including phenoxy) is 1. The van der Waals surface area contributed by atoms with Crippen molar-refractivity contribution in [3.8, 4) is 5.75 Å². The Morgan fingerprint density at radius 3 is 2.60 bits per heavy atom. The lowest BCUT2D eigenvalue weighted by molar-refractivity contribution is -0.120. The molecule has 1 N–H and O–H groups in total. The second-order valence-electron chi connectivity index (χ2n) is 5.81. The lowest BCUT2D eigenvalue weighted by atomic mass is 10.1. The van der Waals surface area contributed by atoms with Crippen molar-refractivity contribution in [3.05, 3.63) is 59.8 Å². The van der Waals surface area contributed by atoms with Crippen LogP contribution in [0.4, 0.5) is 0 Å². The Hall–Kier alpha value is -2.82. The molecule has 0 aliphatic carbocycles. The molecule has 0 spiro atoms. The van der Waals surface area contributed by atoms with Crippen LogP contribution in [-0.2, 0) is 24.3 Å². The number of carbonyl (C=O) groups is 1. The molecule has 0 atom stereocenters. The molecule has 3 rings (SSSR count). The van der Waals surface area contributed by atoms with Gasteiger partial charge in [-0.05, 0) is 37.6 Å². The molecule has 0 bridgehead atoms. The van der Waals surface area contributed by atoms with E-state index in [9.17, 15) is 4.79 Å². The maximum absolute atomic E-state index is 12.2. The quantitative estimate of drug-likeness (QED) is 0.719. The van der Waals surface area contributed by atoms with Gasteiger partial charge in [-0.15, -0.1) is 0 Å². The van der Waals surface area contributed by atoms with Gasteiger partial charge in [0.05, 0.1) is 30.8 Å². The van der Waals surface area contributed by atoms with Gasteiger partial charge in [-0.2, -0.15) is 5.10 Å². The largest absolute Gasteiger partial charge is 0.494 e. The van der Waals surface area contributed by atoms with Crippen LogP contribution in [0.1, 0.15) is 25.1 Å². The number of fused-ring (bicyclic) bond motifs is 1. The number of hydrogen-bond donors (Lipinski definition) is 1. The van der Waals surface area contributed by atoms with Gasteiger partial charge in [0.1, 0.15) is 5.75 Å². The summed E-state index contributed by atoms with van der Waals surface area (Å²) in [6, 6.07) is 15.7. The van der Waals surface area contributed by atoms with Crippen molar-refractivity contribution in [2.45, 2.75) is 33.4 Å². The molecule has 0 saturated heterocycles. The first-order valence-corrected chi connectivity index (χ1v) is 8.64. The van der Waals surface area contributed by atoms with Crippen LogP contribution in [0.3, 0.4) is 0 Å². The van der Waals surface area contributed by atoms with Gasteiger partial charge < -0.3 is 10.1 Å². The molecule has 0 radical (unpaired) electrons. The Bertz CT molecular complexity index is 853. The SMILES string of the molecule is CCOc1ccc(CC(=O)NCc2nn(CC)c3ccccc23)cc1. The molecule has 2 aromatic carbocycles. The van der Waals surface area contributed by atoms with Gasteiger partial charge in [-0.25, -0.2) is 0 Å². The molecule has 1 heterocycles. The van der Waals surface area contributed by atoms with E-state index in [4.69, 9.17) is 4.74 Å². The van der Waals surface area contributed by atoms with Crippen LogP contribution in [0.25, 0.3) is 10.9 Å². The molecule has 0 aliphatic heterocycles. The van der Waals surface area contributed by atoms with E-state index in [0.717, 1.165) is 34.5 Å². The van der Waals surface area contributed by atoms with Crippen molar-refractivity contribution in [2.24, 2.45) is 0 Å². The number of nitrogens with one attached hydrogen (secondary N) is 1. The number of hydrogen-bond acceptors (Lipinski definition) is 3. The molecular weight excluding hydrogens is 314 g/mol. The van der Waals surface area contributed by atoms with Gasteiger partial charge in [0.25, 0.3) is 0 Å². The van der Waals surface area contributed by atoms with Crippen molar-refractivity contribution >= 4 is 16.8 Å². The van der Waals surface area contributed by atoms with Crippen LogP contribution in [0.15, 0.2) is 48.5 Å². The number of amides is 1. The summed E-state index contributed by atoms with van der Waals surface area (Å²) >= 11 is 0. The van der Waals surface area contributed by atoms with Gasteiger partial charge in [0.2, 0.25) is 5.91 Å². The monoisotopic (exact) mass is 337 g/mol. The van der Waals surface area contributed by atoms with Gasteiger partial charge in [0, 0.05) is 11.9 Å². The van der Waals surface area contributed by atoms with Gasteiger partial charge in [-0.3, -0.25) is 9.48 Å². The summed E-state index contributed by atoms with van der Waals surface area (Å²) in [4.78, 5) is 12.2. The second-order valence-corrected chi connectivity index (χ2v) is 5.81. The topological polar surface area (TPSA) is 56.1 Å². The number of rotatable bonds is 7. The summed E-state index contributed by atoms with van der Waals surface area (Å²) in [7, 11) is 0. The first-order chi connectivity index (χ1) is 12.2. The van der Waals surface area contributed by atoms with E-state index in [0.29, 0.717) is 19.6 Å². The van der Waals surface area contributed by atoms with Crippen LogP contribution in [0.5, 0.6) is 5.75 Å². The van der Waals surface area contributed by atoms with Crippen molar-refractivity contribution < 1.29 is 9.53 Å². The molecular formula is C20H23N3O2. The summed E-state index contributed by atoms with van der Waals surface area (Å²) in [6.45, 7) is 5.89. The van der Waals surface area contributed by atoms with Gasteiger partial charge in [-0.1, -0.05) is 30.3 Å². The fourth-order valence-corrected chi connectivity index (χ4v) is 2.87. The second kappa shape index (κ2) is 7.83. The Labute approximate surface area is 147 Å². The van der Waals surface area contributed by atoms with Crippen molar-refractivity contribution in [3.63, 3.8) is 0 Å². The third-order valence-electron chi connectivity index (χ3n) is 4.09. The number of aromatic nitrogens is 2. The highest BCUT2D eigenvalue weighted by atomic mass is 16.5. The van der Waals surface area contributed by atoms with Crippen molar-refractivity contribution in [2.75, 3.05) is 6.61 Å². The average Bonchev–Trinajstić information content (AvgIpc) is 3.00. The molecule has 5 heteroatoms. The predicted molar refractivity (Wildman–Crippen MR) is 98.6 cm³/mol. The Morgan fingerprint density at radius 2 is 1.88 bits per heavy atom. The summed E-state index contributed by atoms with van der Waals surface area (Å²) in [5.74, 6) is 0.808. The summed E-state index contributed by atoms with van der Waals surface area (Å²) in [5.41, 5.74) is 2.96. The number of nitrogens with zero attached hydrogens (tertiary/aromatic N) is 2. The highest BCUT2D eigenvalue weighted by Gasteiger charge is 2.10. The summed E-state index contributed by atoms with van der Waals surface area (Å²) in [5, 5.41) is 8.66. The first-order valence-electron chi connectivity index (χ1n) is 8.64. The van der Waals surface area contributed by atoms with Crippen LogP contribution >= 0.6 is 0 Å². The molecule has 25 heavy (non-hydrogen) atoms. The molecule has 3 aromatic rings. The minimum Gasteiger partial charge on any atom is -0.494 e. The zero-order valence-corrected chi connectivity index (χ0v) is 14.7. The zero-order valence-electron chi connectivity index (χ0n) is 14.7. The van der Waals surface area contributed by atoms with Crippen LogP contribution in [0, 0.1) is 0 Å². The van der Waals surface area contributed by atoms with E-state index < -0.39 is 0 Å². The maximum atomic E-state index is 12.2. The summed E-state index contributed by atoms with van der Waals surface area (Å²) < 4.78 is 7.38. The third-order valence-corrected chi connectivity index (χ3v) is 4.09. The first kappa shape index (κ1) is 17.0. The van der Waals surface area contributed by atoms with Crippen molar-refractivity contribution in [1.29, 1.82) is 0 Å². The Balaban J connectivity index is 1.62. The number of carbonyl (C=O) groups excluding carboxylic acids is 1. The average molecular weight is 337 g/mol. The fourth-order valence-electron chi connectivity index (χ4n) is 2.87. The van der Waals surface area contributed by atoms with Crippen LogP contribution < -0.4 is 10.1 Å². The predicted octanol–water partition coefficient (Wildman–Crippen LogP) is 3.31. The smallest absolute Gasteiger partial charge is 0.224 e. The highest BCUT2D eigenvalue weighted by Crippen LogP contribution is 2.18. The van der Waals surface area contributed by atoms with E-state index in [2.05, 4.69) is 23.4 Å². The number of benzene rings is 2. The van der Waals surface area contributed by atoms with Gasteiger partial charge >= 0.3 is 0 Å². The number of para-hydroxylation sites is 1. The zero-order chi connectivity index (χ0) is 17.6.